The fraction of sp³-hybridized carbons (Fsp3) is 0.0385. The number of nitrogens with one attached hydrogen (secondary N) is 1. The molecule has 0 radical (unpaired) electrons. The van der Waals surface area contributed by atoms with E-state index in [-0.39, 0.29) is 10.5 Å². The minimum Gasteiger partial charge on any atom is -0.478 e. The van der Waals surface area contributed by atoms with Gasteiger partial charge < -0.3 is 5.11 Å². The van der Waals surface area contributed by atoms with Crippen LogP contribution in [0.1, 0.15) is 27.0 Å². The molecule has 4 aromatic carbocycles. The molecule has 0 aliphatic rings. The van der Waals surface area contributed by atoms with Crippen molar-refractivity contribution in [3.05, 3.63) is 107 Å². The Morgan fingerprint density at radius 3 is 2.19 bits per heavy atom. The van der Waals surface area contributed by atoms with Crippen LogP contribution in [0.5, 0.6) is 0 Å². The van der Waals surface area contributed by atoms with Crippen LogP contribution in [-0.4, -0.2) is 19.5 Å². The molecule has 0 saturated carbocycles. The van der Waals surface area contributed by atoms with E-state index < -0.39 is 16.0 Å². The van der Waals surface area contributed by atoms with Crippen LogP contribution >= 0.6 is 0 Å². The van der Waals surface area contributed by atoms with Crippen LogP contribution in [0.3, 0.4) is 0 Å². The summed E-state index contributed by atoms with van der Waals surface area (Å²) in [6.45, 7) is 1.94. The van der Waals surface area contributed by atoms with Gasteiger partial charge in [0.25, 0.3) is 10.0 Å². The molecule has 6 heteroatoms. The van der Waals surface area contributed by atoms with Crippen molar-refractivity contribution in [3.63, 3.8) is 0 Å². The Kier molecular flexibility index (Phi) is 5.67. The van der Waals surface area contributed by atoms with E-state index in [1.54, 1.807) is 54.6 Å². The van der Waals surface area contributed by atoms with Crippen LogP contribution in [-0.2, 0) is 10.0 Å². The molecule has 5 nitrogen and oxygen atoms in total. The molecule has 0 amide bonds. The molecule has 0 saturated heterocycles. The third-order valence-corrected chi connectivity index (χ3v) is 6.46. The molecular formula is C26H19NO4S. The van der Waals surface area contributed by atoms with Crippen molar-refractivity contribution in [3.8, 4) is 11.8 Å². The molecule has 0 bridgehead atoms. The number of aromatic carboxylic acids is 1. The van der Waals surface area contributed by atoms with E-state index in [4.69, 9.17) is 5.11 Å². The van der Waals surface area contributed by atoms with Gasteiger partial charge in [-0.3, -0.25) is 4.72 Å². The second-order valence-electron chi connectivity index (χ2n) is 7.21. The SMILES string of the molecule is Cc1ccc(S(=O)(=O)Nc2ccccc2C#Cc2ccc(C(=O)O)cc2)c2ccccc12. The van der Waals surface area contributed by atoms with E-state index >= 15 is 0 Å². The van der Waals surface area contributed by atoms with Crippen molar-refractivity contribution in [2.24, 2.45) is 0 Å². The molecule has 32 heavy (non-hydrogen) atoms. The average molecular weight is 442 g/mol. The Labute approximate surface area is 186 Å². The summed E-state index contributed by atoms with van der Waals surface area (Å²) < 4.78 is 29.1. The molecule has 0 fully saturated rings. The van der Waals surface area contributed by atoms with E-state index in [2.05, 4.69) is 16.6 Å². The van der Waals surface area contributed by atoms with Crippen molar-refractivity contribution in [2.45, 2.75) is 11.8 Å². The van der Waals surface area contributed by atoms with Crippen molar-refractivity contribution >= 4 is 32.5 Å². The van der Waals surface area contributed by atoms with Crippen molar-refractivity contribution in [2.75, 3.05) is 4.72 Å². The highest BCUT2D eigenvalue weighted by Gasteiger charge is 2.19. The van der Waals surface area contributed by atoms with Gasteiger partial charge in [0.05, 0.1) is 16.1 Å². The van der Waals surface area contributed by atoms with Crippen LogP contribution in [0.2, 0.25) is 0 Å². The molecule has 4 rings (SSSR count). The van der Waals surface area contributed by atoms with Gasteiger partial charge in [0, 0.05) is 16.5 Å². The smallest absolute Gasteiger partial charge is 0.335 e. The first kappa shape index (κ1) is 21.2. The van der Waals surface area contributed by atoms with E-state index in [0.29, 0.717) is 22.2 Å². The van der Waals surface area contributed by atoms with Gasteiger partial charge in [-0.2, -0.15) is 0 Å². The molecule has 0 unspecified atom stereocenters. The zero-order valence-corrected chi connectivity index (χ0v) is 18.0. The molecule has 0 heterocycles. The number of aryl methyl sites for hydroxylation is 1. The number of carbonyl (C=O) groups is 1. The van der Waals surface area contributed by atoms with Gasteiger partial charge in [0.2, 0.25) is 0 Å². The number of carboxylic acids is 1. The summed E-state index contributed by atoms with van der Waals surface area (Å²) in [5, 5.41) is 10.5. The zero-order chi connectivity index (χ0) is 22.7. The number of rotatable bonds is 4. The molecular weight excluding hydrogens is 422 g/mol. The Morgan fingerprint density at radius 2 is 1.47 bits per heavy atom. The second kappa shape index (κ2) is 8.58. The molecule has 0 aromatic heterocycles. The maximum absolute atomic E-state index is 13.2. The Morgan fingerprint density at radius 1 is 0.812 bits per heavy atom. The molecule has 0 aliphatic carbocycles. The van der Waals surface area contributed by atoms with E-state index in [1.165, 1.54) is 12.1 Å². The topological polar surface area (TPSA) is 83.5 Å². The van der Waals surface area contributed by atoms with Gasteiger partial charge in [0.1, 0.15) is 0 Å². The van der Waals surface area contributed by atoms with Gasteiger partial charge in [-0.1, -0.05) is 54.3 Å². The summed E-state index contributed by atoms with van der Waals surface area (Å²) in [4.78, 5) is 11.2. The summed E-state index contributed by atoms with van der Waals surface area (Å²) in [7, 11) is -3.86. The van der Waals surface area contributed by atoms with Crippen molar-refractivity contribution < 1.29 is 18.3 Å². The number of sulfonamides is 1. The third kappa shape index (κ3) is 4.34. The molecule has 4 aromatic rings. The fourth-order valence-electron chi connectivity index (χ4n) is 3.37. The largest absolute Gasteiger partial charge is 0.478 e. The number of benzene rings is 4. The molecule has 0 atom stereocenters. The Bertz CT molecular complexity index is 1490. The van der Waals surface area contributed by atoms with Crippen LogP contribution < -0.4 is 4.72 Å². The van der Waals surface area contributed by atoms with Gasteiger partial charge in [0.15, 0.2) is 0 Å². The first-order valence-electron chi connectivity index (χ1n) is 9.81. The Hall–Kier alpha value is -4.08. The third-order valence-electron chi connectivity index (χ3n) is 5.04. The first-order valence-corrected chi connectivity index (χ1v) is 11.3. The molecule has 2 N–H and O–H groups in total. The first-order chi connectivity index (χ1) is 15.3. The normalized spacial score (nSPS) is 10.9. The summed E-state index contributed by atoms with van der Waals surface area (Å²) in [6.07, 6.45) is 0. The van der Waals surface area contributed by atoms with E-state index in [0.717, 1.165) is 10.9 Å². The number of carboxylic acid groups (broad SMARTS) is 1. The van der Waals surface area contributed by atoms with Crippen LogP contribution in [0.4, 0.5) is 5.69 Å². The fourth-order valence-corrected chi connectivity index (χ4v) is 4.67. The van der Waals surface area contributed by atoms with Crippen LogP contribution in [0.15, 0.2) is 89.8 Å². The zero-order valence-electron chi connectivity index (χ0n) is 17.2. The summed E-state index contributed by atoms with van der Waals surface area (Å²) >= 11 is 0. The van der Waals surface area contributed by atoms with E-state index in [9.17, 15) is 13.2 Å². The number of hydrogen-bond donors (Lipinski definition) is 2. The lowest BCUT2D eigenvalue weighted by molar-refractivity contribution is 0.0697. The van der Waals surface area contributed by atoms with Gasteiger partial charge >= 0.3 is 5.97 Å². The highest BCUT2D eigenvalue weighted by molar-refractivity contribution is 7.93. The van der Waals surface area contributed by atoms with Crippen LogP contribution in [0, 0.1) is 18.8 Å². The maximum atomic E-state index is 13.2. The lowest BCUT2D eigenvalue weighted by Crippen LogP contribution is -2.14. The van der Waals surface area contributed by atoms with Crippen molar-refractivity contribution in [1.29, 1.82) is 0 Å². The minimum atomic E-state index is -3.86. The summed E-state index contributed by atoms with van der Waals surface area (Å²) in [5.74, 6) is 4.92. The number of fused-ring (bicyclic) bond motifs is 1. The minimum absolute atomic E-state index is 0.175. The summed E-state index contributed by atoms with van der Waals surface area (Å²) in [6, 6.07) is 23.9. The van der Waals surface area contributed by atoms with E-state index in [1.807, 2.05) is 25.1 Å². The molecule has 0 aliphatic heterocycles. The highest BCUT2D eigenvalue weighted by atomic mass is 32.2. The number of anilines is 1. The quantitative estimate of drug-likeness (QED) is 0.434. The lowest BCUT2D eigenvalue weighted by atomic mass is 10.1. The van der Waals surface area contributed by atoms with Crippen molar-refractivity contribution in [1.82, 2.24) is 0 Å². The maximum Gasteiger partial charge on any atom is 0.335 e. The lowest BCUT2D eigenvalue weighted by Gasteiger charge is -2.13. The van der Waals surface area contributed by atoms with Crippen LogP contribution in [0.25, 0.3) is 10.8 Å². The Balaban J connectivity index is 1.69. The van der Waals surface area contributed by atoms with Gasteiger partial charge in [-0.05, 0) is 60.3 Å². The number of hydrogen-bond acceptors (Lipinski definition) is 3. The second-order valence-corrected chi connectivity index (χ2v) is 8.86. The predicted molar refractivity (Wildman–Crippen MR) is 125 cm³/mol. The standard InChI is InChI=1S/C26H19NO4S/c1-18-10-17-25(23-8-4-3-7-22(18)23)32(30,31)27-24-9-5-2-6-20(24)14-11-19-12-15-21(16-13-19)26(28)29/h2-10,12-13,15-17,27H,1H3,(H,28,29). The number of para-hydroxylation sites is 1. The van der Waals surface area contributed by atoms with Gasteiger partial charge in [-0.15, -0.1) is 0 Å². The molecule has 0 spiro atoms. The average Bonchev–Trinajstić information content (AvgIpc) is 2.79. The monoisotopic (exact) mass is 441 g/mol. The van der Waals surface area contributed by atoms with Gasteiger partial charge in [-0.25, -0.2) is 13.2 Å². The summed E-state index contributed by atoms with van der Waals surface area (Å²) in [5.41, 5.74) is 2.67. The molecule has 158 valence electrons. The predicted octanol–water partition coefficient (Wildman–Crippen LogP) is 5.05. The highest BCUT2D eigenvalue weighted by Crippen LogP contribution is 2.28.